The fourth-order valence-electron chi connectivity index (χ4n) is 2.61. The first-order valence-electron chi connectivity index (χ1n) is 6.32. The summed E-state index contributed by atoms with van der Waals surface area (Å²) in [6.45, 7) is 0.846. The Morgan fingerprint density at radius 3 is 2.59 bits per heavy atom. The van der Waals surface area contributed by atoms with Crippen LogP contribution in [0.2, 0.25) is 0 Å². The molecule has 0 aromatic carbocycles. The van der Waals surface area contributed by atoms with Crippen molar-refractivity contribution in [3.63, 3.8) is 0 Å². The van der Waals surface area contributed by atoms with Crippen LogP contribution in [0.15, 0.2) is 0 Å². The Kier molecular flexibility index (Phi) is 4.04. The van der Waals surface area contributed by atoms with Gasteiger partial charge in [-0.2, -0.15) is 4.31 Å². The van der Waals surface area contributed by atoms with Crippen LogP contribution in [0.3, 0.4) is 0 Å². The molecule has 6 heteroatoms. The molecule has 5 nitrogen and oxygen atoms in total. The maximum Gasteiger partial charge on any atom is 0.235 e. The van der Waals surface area contributed by atoms with Crippen LogP contribution >= 0.6 is 0 Å². The van der Waals surface area contributed by atoms with E-state index in [2.05, 4.69) is 5.32 Å². The van der Waals surface area contributed by atoms with Gasteiger partial charge in [0.2, 0.25) is 15.9 Å². The van der Waals surface area contributed by atoms with Gasteiger partial charge in [-0.3, -0.25) is 4.79 Å². The van der Waals surface area contributed by atoms with E-state index in [1.54, 1.807) is 0 Å². The number of nitrogens with one attached hydrogen (secondary N) is 1. The van der Waals surface area contributed by atoms with E-state index in [0.29, 0.717) is 19.0 Å². The van der Waals surface area contributed by atoms with Crippen molar-refractivity contribution >= 4 is 15.9 Å². The first-order valence-corrected chi connectivity index (χ1v) is 7.93. The SMILES string of the molecule is O=C1CN(S(=O)(=O)CC2CCCCC2)CCN1. The lowest BCUT2D eigenvalue weighted by molar-refractivity contribution is -0.122. The standard InChI is InChI=1S/C11H20N2O3S/c14-11-8-13(7-6-12-11)17(15,16)9-10-4-2-1-3-5-10/h10H,1-9H2,(H,12,14). The number of piperazine rings is 1. The van der Waals surface area contributed by atoms with Crippen molar-refractivity contribution in [3.8, 4) is 0 Å². The van der Waals surface area contributed by atoms with Gasteiger partial charge < -0.3 is 5.32 Å². The molecule has 0 atom stereocenters. The average molecular weight is 260 g/mol. The van der Waals surface area contributed by atoms with Crippen molar-refractivity contribution in [2.24, 2.45) is 5.92 Å². The van der Waals surface area contributed by atoms with E-state index >= 15 is 0 Å². The summed E-state index contributed by atoms with van der Waals surface area (Å²) in [5.41, 5.74) is 0. The maximum absolute atomic E-state index is 12.1. The molecule has 17 heavy (non-hydrogen) atoms. The van der Waals surface area contributed by atoms with Gasteiger partial charge in [0.25, 0.3) is 0 Å². The van der Waals surface area contributed by atoms with Gasteiger partial charge in [0.15, 0.2) is 0 Å². The minimum Gasteiger partial charge on any atom is -0.354 e. The highest BCUT2D eigenvalue weighted by Gasteiger charge is 2.30. The Bertz CT molecular complexity index is 374. The van der Waals surface area contributed by atoms with Gasteiger partial charge in [-0.25, -0.2) is 8.42 Å². The molecular formula is C11H20N2O3S. The third kappa shape index (κ3) is 3.42. The lowest BCUT2D eigenvalue weighted by atomic mass is 9.91. The zero-order valence-electron chi connectivity index (χ0n) is 10.0. The topological polar surface area (TPSA) is 66.5 Å². The Morgan fingerprint density at radius 2 is 1.94 bits per heavy atom. The Balaban J connectivity index is 1.95. The van der Waals surface area contributed by atoms with Crippen LogP contribution in [0.1, 0.15) is 32.1 Å². The Labute approximate surface area is 103 Å². The Morgan fingerprint density at radius 1 is 1.24 bits per heavy atom. The average Bonchev–Trinajstić information content (AvgIpc) is 2.30. The van der Waals surface area contributed by atoms with Crippen molar-refractivity contribution in [3.05, 3.63) is 0 Å². The van der Waals surface area contributed by atoms with E-state index in [-0.39, 0.29) is 18.2 Å². The van der Waals surface area contributed by atoms with Crippen LogP contribution in [0.4, 0.5) is 0 Å². The summed E-state index contributed by atoms with van der Waals surface area (Å²) < 4.78 is 25.6. The number of hydrogen-bond donors (Lipinski definition) is 1. The number of sulfonamides is 1. The molecule has 2 rings (SSSR count). The van der Waals surface area contributed by atoms with Crippen molar-refractivity contribution in [2.75, 3.05) is 25.4 Å². The monoisotopic (exact) mass is 260 g/mol. The molecule has 0 spiro atoms. The molecule has 1 saturated heterocycles. The van der Waals surface area contributed by atoms with Crippen molar-refractivity contribution in [1.82, 2.24) is 9.62 Å². The second-order valence-electron chi connectivity index (χ2n) is 4.97. The van der Waals surface area contributed by atoms with Crippen molar-refractivity contribution in [2.45, 2.75) is 32.1 Å². The number of amides is 1. The van der Waals surface area contributed by atoms with E-state index in [4.69, 9.17) is 0 Å². The molecule has 0 radical (unpaired) electrons. The molecule has 1 heterocycles. The summed E-state index contributed by atoms with van der Waals surface area (Å²) in [7, 11) is -3.24. The van der Waals surface area contributed by atoms with Crippen LogP contribution < -0.4 is 5.32 Å². The van der Waals surface area contributed by atoms with Gasteiger partial charge in [-0.15, -0.1) is 0 Å². The van der Waals surface area contributed by atoms with Crippen LogP contribution in [0, 0.1) is 5.92 Å². The summed E-state index contributed by atoms with van der Waals surface area (Å²) in [5, 5.41) is 2.64. The molecule has 0 unspecified atom stereocenters. The molecule has 1 N–H and O–H groups in total. The normalized spacial score (nSPS) is 24.6. The highest BCUT2D eigenvalue weighted by molar-refractivity contribution is 7.89. The van der Waals surface area contributed by atoms with Gasteiger partial charge >= 0.3 is 0 Å². The lowest BCUT2D eigenvalue weighted by Gasteiger charge is -2.29. The zero-order valence-corrected chi connectivity index (χ0v) is 10.8. The van der Waals surface area contributed by atoms with Crippen molar-refractivity contribution in [1.29, 1.82) is 0 Å². The van der Waals surface area contributed by atoms with Crippen molar-refractivity contribution < 1.29 is 13.2 Å². The van der Waals surface area contributed by atoms with E-state index < -0.39 is 10.0 Å². The van der Waals surface area contributed by atoms with E-state index in [0.717, 1.165) is 25.7 Å². The maximum atomic E-state index is 12.1. The third-order valence-corrected chi connectivity index (χ3v) is 5.56. The minimum absolute atomic E-state index is 0.00491. The highest BCUT2D eigenvalue weighted by Crippen LogP contribution is 2.25. The quantitative estimate of drug-likeness (QED) is 0.795. The summed E-state index contributed by atoms with van der Waals surface area (Å²) in [6.07, 6.45) is 5.53. The number of nitrogens with zero attached hydrogens (tertiary/aromatic N) is 1. The predicted molar refractivity (Wildman–Crippen MR) is 64.9 cm³/mol. The molecule has 0 aromatic heterocycles. The smallest absolute Gasteiger partial charge is 0.235 e. The number of rotatable bonds is 3. The molecule has 1 aliphatic heterocycles. The van der Waals surface area contributed by atoms with Crippen LogP contribution in [0.5, 0.6) is 0 Å². The second kappa shape index (κ2) is 5.35. The van der Waals surface area contributed by atoms with Crippen LogP contribution in [0.25, 0.3) is 0 Å². The molecule has 1 aliphatic carbocycles. The Hall–Kier alpha value is -0.620. The number of hydrogen-bond acceptors (Lipinski definition) is 3. The van der Waals surface area contributed by atoms with Gasteiger partial charge in [0.05, 0.1) is 12.3 Å². The van der Waals surface area contributed by atoms with Gasteiger partial charge in [-0.1, -0.05) is 19.3 Å². The molecule has 2 fully saturated rings. The summed E-state index contributed by atoms with van der Waals surface area (Å²) in [6, 6.07) is 0. The van der Waals surface area contributed by atoms with Crippen LogP contribution in [-0.2, 0) is 14.8 Å². The fraction of sp³-hybridized carbons (Fsp3) is 0.909. The largest absolute Gasteiger partial charge is 0.354 e. The van der Waals surface area contributed by atoms with Gasteiger partial charge in [0.1, 0.15) is 0 Å². The highest BCUT2D eigenvalue weighted by atomic mass is 32.2. The molecule has 0 bridgehead atoms. The summed E-state index contributed by atoms with van der Waals surface area (Å²) >= 11 is 0. The predicted octanol–water partition coefficient (Wildman–Crippen LogP) is 0.328. The first-order chi connectivity index (χ1) is 8.08. The zero-order chi connectivity index (χ0) is 12.3. The molecular weight excluding hydrogens is 240 g/mol. The third-order valence-electron chi connectivity index (χ3n) is 3.57. The van der Waals surface area contributed by atoms with Crippen LogP contribution in [-0.4, -0.2) is 44.0 Å². The second-order valence-corrected chi connectivity index (χ2v) is 6.98. The van der Waals surface area contributed by atoms with E-state index in [9.17, 15) is 13.2 Å². The summed E-state index contributed by atoms with van der Waals surface area (Å²) in [5.74, 6) is 0.322. The summed E-state index contributed by atoms with van der Waals surface area (Å²) in [4.78, 5) is 11.2. The van der Waals surface area contributed by atoms with Gasteiger partial charge in [-0.05, 0) is 18.8 Å². The molecule has 1 saturated carbocycles. The molecule has 98 valence electrons. The van der Waals surface area contributed by atoms with E-state index in [1.807, 2.05) is 0 Å². The minimum atomic E-state index is -3.24. The number of carbonyl (C=O) groups excluding carboxylic acids is 1. The molecule has 2 aliphatic rings. The van der Waals surface area contributed by atoms with Gasteiger partial charge in [0, 0.05) is 13.1 Å². The molecule has 0 aromatic rings. The van der Waals surface area contributed by atoms with E-state index in [1.165, 1.54) is 10.7 Å². The molecule has 1 amide bonds. The number of carbonyl (C=O) groups is 1. The first kappa shape index (κ1) is 12.8. The fourth-order valence-corrected chi connectivity index (χ4v) is 4.43. The lowest BCUT2D eigenvalue weighted by Crippen LogP contribution is -2.51.